The molecule has 1 aromatic rings. The van der Waals surface area contributed by atoms with Crippen LogP contribution in [0.3, 0.4) is 0 Å². The third-order valence-corrected chi connectivity index (χ3v) is 3.97. The summed E-state index contributed by atoms with van der Waals surface area (Å²) < 4.78 is 4.63. The van der Waals surface area contributed by atoms with Crippen molar-refractivity contribution in [2.45, 2.75) is 31.6 Å². The molecule has 0 spiro atoms. The first kappa shape index (κ1) is 19.7. The first-order valence-electron chi connectivity index (χ1n) is 7.85. The van der Waals surface area contributed by atoms with Gasteiger partial charge in [-0.25, -0.2) is 0 Å². The molecule has 2 rings (SSSR count). The number of guanidine groups is 1. The lowest BCUT2D eigenvalue weighted by atomic mass is 9.96. The van der Waals surface area contributed by atoms with Crippen LogP contribution in [0.2, 0.25) is 0 Å². The maximum atomic E-state index is 11.1. The molecule has 1 fully saturated rings. The van der Waals surface area contributed by atoms with Crippen LogP contribution in [-0.4, -0.2) is 38.7 Å². The molecule has 0 heterocycles. The maximum absolute atomic E-state index is 11.1. The number of hydrogen-bond acceptors (Lipinski definition) is 3. The largest absolute Gasteiger partial charge is 0.469 e. The zero-order valence-electron chi connectivity index (χ0n) is 13.8. The van der Waals surface area contributed by atoms with Crippen molar-refractivity contribution in [3.8, 4) is 0 Å². The van der Waals surface area contributed by atoms with Gasteiger partial charge in [0.05, 0.1) is 20.1 Å². The summed E-state index contributed by atoms with van der Waals surface area (Å²) in [5.74, 6) is 0.542. The smallest absolute Gasteiger partial charge is 0.307 e. The lowest BCUT2D eigenvalue weighted by Gasteiger charge is -2.15. The van der Waals surface area contributed by atoms with E-state index in [-0.39, 0.29) is 35.4 Å². The van der Waals surface area contributed by atoms with Crippen LogP contribution in [-0.2, 0) is 14.9 Å². The molecule has 0 aliphatic heterocycles. The highest BCUT2D eigenvalue weighted by atomic mass is 127. The lowest BCUT2D eigenvalue weighted by molar-refractivity contribution is -0.140. The van der Waals surface area contributed by atoms with Crippen LogP contribution in [0.1, 0.15) is 31.7 Å². The van der Waals surface area contributed by atoms with Crippen molar-refractivity contribution in [2.75, 3.05) is 26.7 Å². The second kappa shape index (κ2) is 9.75. The van der Waals surface area contributed by atoms with Gasteiger partial charge < -0.3 is 15.4 Å². The molecular formula is C17H26IN3O2. The molecule has 5 nitrogen and oxygen atoms in total. The van der Waals surface area contributed by atoms with Crippen LogP contribution in [0.5, 0.6) is 0 Å². The van der Waals surface area contributed by atoms with E-state index in [4.69, 9.17) is 0 Å². The number of rotatable bonds is 7. The summed E-state index contributed by atoms with van der Waals surface area (Å²) in [5, 5.41) is 6.39. The van der Waals surface area contributed by atoms with Gasteiger partial charge in [0.15, 0.2) is 5.96 Å². The topological polar surface area (TPSA) is 62.7 Å². The van der Waals surface area contributed by atoms with Gasteiger partial charge in [-0.2, -0.15) is 0 Å². The molecule has 6 heteroatoms. The van der Waals surface area contributed by atoms with Gasteiger partial charge in [-0.15, -0.1) is 24.0 Å². The molecule has 128 valence electrons. The van der Waals surface area contributed by atoms with Crippen LogP contribution in [0, 0.1) is 0 Å². The highest BCUT2D eigenvalue weighted by Crippen LogP contribution is 2.48. The van der Waals surface area contributed by atoms with E-state index in [1.54, 1.807) is 0 Å². The predicted molar refractivity (Wildman–Crippen MR) is 103 cm³/mol. The Kier molecular flexibility index (Phi) is 8.36. The van der Waals surface area contributed by atoms with Crippen molar-refractivity contribution in [1.29, 1.82) is 0 Å². The maximum Gasteiger partial charge on any atom is 0.307 e. The number of ether oxygens (including phenoxy) is 1. The van der Waals surface area contributed by atoms with Crippen molar-refractivity contribution in [2.24, 2.45) is 4.99 Å². The van der Waals surface area contributed by atoms with Gasteiger partial charge in [-0.05, 0) is 25.3 Å². The van der Waals surface area contributed by atoms with E-state index in [0.717, 1.165) is 19.0 Å². The predicted octanol–water partition coefficient (Wildman–Crippen LogP) is 2.45. The number of methoxy groups -OCH3 is 1. The molecule has 0 amide bonds. The Morgan fingerprint density at radius 3 is 2.52 bits per heavy atom. The number of carbonyl (C=O) groups is 1. The van der Waals surface area contributed by atoms with E-state index in [0.29, 0.717) is 13.0 Å². The zero-order chi connectivity index (χ0) is 15.8. The minimum atomic E-state index is -0.216. The molecule has 0 radical (unpaired) electrons. The number of esters is 1. The summed E-state index contributed by atoms with van der Waals surface area (Å²) in [5.41, 5.74) is 1.57. The first-order valence-corrected chi connectivity index (χ1v) is 7.85. The Bertz CT molecular complexity index is 516. The average Bonchev–Trinajstić information content (AvgIpc) is 3.34. The molecule has 1 aliphatic rings. The minimum Gasteiger partial charge on any atom is -0.469 e. The molecule has 23 heavy (non-hydrogen) atoms. The number of carbonyl (C=O) groups excluding carboxylic acids is 1. The van der Waals surface area contributed by atoms with Crippen molar-refractivity contribution >= 4 is 35.9 Å². The third kappa shape index (κ3) is 6.01. The Hall–Kier alpha value is -1.31. The van der Waals surface area contributed by atoms with Gasteiger partial charge in [0, 0.05) is 18.5 Å². The van der Waals surface area contributed by atoms with Crippen LogP contribution in [0.4, 0.5) is 0 Å². The molecule has 2 N–H and O–H groups in total. The SMILES string of the molecule is CCNC(=NCC1(c2ccccc2)CC1)NCCC(=O)OC.I. The molecule has 1 aliphatic carbocycles. The van der Waals surface area contributed by atoms with E-state index in [2.05, 4.69) is 44.6 Å². The summed E-state index contributed by atoms with van der Waals surface area (Å²) in [4.78, 5) is 15.8. The third-order valence-electron chi connectivity index (χ3n) is 3.97. The normalized spacial score (nSPS) is 15.3. The molecular weight excluding hydrogens is 405 g/mol. The van der Waals surface area contributed by atoms with E-state index >= 15 is 0 Å². The van der Waals surface area contributed by atoms with E-state index in [1.165, 1.54) is 25.5 Å². The highest BCUT2D eigenvalue weighted by molar-refractivity contribution is 14.0. The van der Waals surface area contributed by atoms with E-state index < -0.39 is 0 Å². The fourth-order valence-corrected chi connectivity index (χ4v) is 2.44. The summed E-state index contributed by atoms with van der Waals surface area (Å²) >= 11 is 0. The van der Waals surface area contributed by atoms with Gasteiger partial charge in [0.2, 0.25) is 0 Å². The Labute approximate surface area is 155 Å². The number of nitrogens with zero attached hydrogens (tertiary/aromatic N) is 1. The van der Waals surface area contributed by atoms with Gasteiger partial charge in [0.25, 0.3) is 0 Å². The van der Waals surface area contributed by atoms with E-state index in [1.807, 2.05) is 13.0 Å². The molecule has 0 atom stereocenters. The number of halogens is 1. The second-order valence-electron chi connectivity index (χ2n) is 5.59. The molecule has 0 bridgehead atoms. The van der Waals surface area contributed by atoms with Crippen LogP contribution < -0.4 is 10.6 Å². The summed E-state index contributed by atoms with van der Waals surface area (Å²) in [6.07, 6.45) is 2.70. The van der Waals surface area contributed by atoms with Crippen molar-refractivity contribution in [3.63, 3.8) is 0 Å². The van der Waals surface area contributed by atoms with Gasteiger partial charge in [0.1, 0.15) is 0 Å². The van der Waals surface area contributed by atoms with Gasteiger partial charge in [-0.3, -0.25) is 9.79 Å². The number of aliphatic imine (C=N–C) groups is 1. The zero-order valence-corrected chi connectivity index (χ0v) is 16.1. The van der Waals surface area contributed by atoms with E-state index in [9.17, 15) is 4.79 Å². The molecule has 0 aromatic heterocycles. The van der Waals surface area contributed by atoms with Gasteiger partial charge >= 0.3 is 5.97 Å². The summed E-state index contributed by atoms with van der Waals surface area (Å²) in [7, 11) is 1.40. The Morgan fingerprint density at radius 2 is 1.96 bits per heavy atom. The molecule has 0 saturated heterocycles. The lowest BCUT2D eigenvalue weighted by Crippen LogP contribution is -2.39. The second-order valence-corrected chi connectivity index (χ2v) is 5.59. The van der Waals surface area contributed by atoms with Crippen molar-refractivity contribution in [1.82, 2.24) is 10.6 Å². The van der Waals surface area contributed by atoms with Crippen LogP contribution in [0.15, 0.2) is 35.3 Å². The molecule has 1 aromatic carbocycles. The van der Waals surface area contributed by atoms with Gasteiger partial charge in [-0.1, -0.05) is 30.3 Å². The number of hydrogen-bond donors (Lipinski definition) is 2. The fraction of sp³-hybridized carbons (Fsp3) is 0.529. The molecule has 0 unspecified atom stereocenters. The highest BCUT2D eigenvalue weighted by Gasteiger charge is 2.43. The monoisotopic (exact) mass is 431 g/mol. The minimum absolute atomic E-state index is 0. The average molecular weight is 431 g/mol. The number of nitrogens with one attached hydrogen (secondary N) is 2. The van der Waals surface area contributed by atoms with Crippen LogP contribution in [0.25, 0.3) is 0 Å². The molecule has 1 saturated carbocycles. The quantitative estimate of drug-likeness (QED) is 0.302. The van der Waals surface area contributed by atoms with Crippen LogP contribution >= 0.6 is 24.0 Å². The summed E-state index contributed by atoms with van der Waals surface area (Å²) in [6.45, 7) is 4.12. The Morgan fingerprint density at radius 1 is 1.26 bits per heavy atom. The summed E-state index contributed by atoms with van der Waals surface area (Å²) in [6, 6.07) is 10.6. The van der Waals surface area contributed by atoms with Crippen molar-refractivity contribution < 1.29 is 9.53 Å². The number of benzene rings is 1. The fourth-order valence-electron chi connectivity index (χ4n) is 2.44. The first-order chi connectivity index (χ1) is 10.7. The standard InChI is InChI=1S/C17H25N3O2.HI/c1-3-18-16(19-12-9-15(21)22-2)20-13-17(10-11-17)14-7-5-4-6-8-14;/h4-8H,3,9-13H2,1-2H3,(H2,18,19,20);1H. The Balaban J connectivity index is 0.00000264. The van der Waals surface area contributed by atoms with Crippen molar-refractivity contribution in [3.05, 3.63) is 35.9 Å².